The van der Waals surface area contributed by atoms with Crippen LogP contribution in [-0.2, 0) is 4.79 Å². The summed E-state index contributed by atoms with van der Waals surface area (Å²) in [7, 11) is 2.11. The maximum atomic E-state index is 13.1. The molecular weight excluding hydrogens is 274 g/mol. The Labute approximate surface area is 136 Å². The van der Waals surface area contributed by atoms with Crippen molar-refractivity contribution >= 4 is 12.1 Å². The molecule has 1 unspecified atom stereocenters. The molecule has 0 spiro atoms. The summed E-state index contributed by atoms with van der Waals surface area (Å²) >= 11 is 0. The zero-order valence-electron chi connectivity index (χ0n) is 15.4. The number of hydrogen-bond acceptors (Lipinski definition) is 3. The monoisotopic (exact) mass is 307 g/mol. The van der Waals surface area contributed by atoms with Gasteiger partial charge in [-0.3, -0.25) is 9.79 Å². The van der Waals surface area contributed by atoms with Crippen LogP contribution in [0.5, 0.6) is 0 Å². The van der Waals surface area contributed by atoms with E-state index in [9.17, 15) is 4.79 Å². The standard InChI is InChI=1S/C18H33N3O/c1-8-14(3)12-19-16(15(4)9-2)17(22)21-11-10-20(7)13-18(21,5)6/h12,14H,8-11,13H2,1-7H3/b16-15+,19-12?. The van der Waals surface area contributed by atoms with Crippen LogP contribution in [-0.4, -0.2) is 54.1 Å². The Morgan fingerprint density at radius 3 is 2.45 bits per heavy atom. The van der Waals surface area contributed by atoms with Gasteiger partial charge in [-0.25, -0.2) is 0 Å². The number of aliphatic imine (C=N–C) groups is 1. The number of likely N-dealkylation sites (N-methyl/N-ethyl adjacent to an activating group) is 1. The van der Waals surface area contributed by atoms with E-state index < -0.39 is 0 Å². The number of hydrogen-bond donors (Lipinski definition) is 0. The fraction of sp³-hybridized carbons (Fsp3) is 0.778. The molecule has 0 aromatic rings. The molecule has 0 saturated carbocycles. The van der Waals surface area contributed by atoms with Gasteiger partial charge in [0, 0.05) is 25.8 Å². The van der Waals surface area contributed by atoms with Crippen LogP contribution in [0.4, 0.5) is 0 Å². The van der Waals surface area contributed by atoms with Gasteiger partial charge in [-0.15, -0.1) is 0 Å². The Morgan fingerprint density at radius 2 is 1.95 bits per heavy atom. The summed E-state index contributed by atoms with van der Waals surface area (Å²) in [6, 6.07) is 0. The third-order valence-electron chi connectivity index (χ3n) is 4.58. The quantitative estimate of drug-likeness (QED) is 0.577. The molecule has 0 radical (unpaired) electrons. The third-order valence-corrected chi connectivity index (χ3v) is 4.58. The summed E-state index contributed by atoms with van der Waals surface area (Å²) < 4.78 is 0. The van der Waals surface area contributed by atoms with E-state index in [1.165, 1.54) is 0 Å². The highest BCUT2D eigenvalue weighted by molar-refractivity contribution is 5.95. The van der Waals surface area contributed by atoms with E-state index in [0.29, 0.717) is 11.6 Å². The van der Waals surface area contributed by atoms with E-state index in [2.05, 4.69) is 51.6 Å². The van der Waals surface area contributed by atoms with Crippen LogP contribution < -0.4 is 0 Å². The molecule has 1 aliphatic rings. The van der Waals surface area contributed by atoms with E-state index in [4.69, 9.17) is 0 Å². The van der Waals surface area contributed by atoms with E-state index >= 15 is 0 Å². The first-order chi connectivity index (χ1) is 10.2. The van der Waals surface area contributed by atoms with Crippen molar-refractivity contribution in [1.29, 1.82) is 0 Å². The zero-order valence-corrected chi connectivity index (χ0v) is 15.4. The van der Waals surface area contributed by atoms with Crippen LogP contribution in [0.1, 0.15) is 54.4 Å². The highest BCUT2D eigenvalue weighted by atomic mass is 16.2. The summed E-state index contributed by atoms with van der Waals surface area (Å²) in [5, 5.41) is 0. The molecule has 1 atom stereocenters. The van der Waals surface area contributed by atoms with Crippen molar-refractivity contribution in [2.24, 2.45) is 10.9 Å². The maximum absolute atomic E-state index is 13.1. The van der Waals surface area contributed by atoms with Gasteiger partial charge < -0.3 is 9.80 Å². The van der Waals surface area contributed by atoms with Crippen LogP contribution in [0.3, 0.4) is 0 Å². The second kappa shape index (κ2) is 7.91. The number of rotatable bonds is 5. The Bertz CT molecular complexity index is 451. The van der Waals surface area contributed by atoms with Gasteiger partial charge in [-0.1, -0.05) is 20.8 Å². The lowest BCUT2D eigenvalue weighted by Gasteiger charge is -2.46. The van der Waals surface area contributed by atoms with Crippen molar-refractivity contribution in [3.63, 3.8) is 0 Å². The number of piperazine rings is 1. The Kier molecular flexibility index (Phi) is 6.79. The highest BCUT2D eigenvalue weighted by Gasteiger charge is 2.36. The molecule has 1 rings (SSSR count). The average Bonchev–Trinajstić information content (AvgIpc) is 2.45. The number of allylic oxidation sites excluding steroid dienone is 1. The van der Waals surface area contributed by atoms with Crippen molar-refractivity contribution in [1.82, 2.24) is 9.80 Å². The fourth-order valence-corrected chi connectivity index (χ4v) is 2.73. The molecule has 0 aromatic carbocycles. The summed E-state index contributed by atoms with van der Waals surface area (Å²) in [5.41, 5.74) is 1.55. The lowest BCUT2D eigenvalue weighted by molar-refractivity contribution is -0.135. The van der Waals surface area contributed by atoms with Crippen molar-refractivity contribution < 1.29 is 4.79 Å². The second-order valence-corrected chi connectivity index (χ2v) is 7.15. The normalized spacial score (nSPS) is 21.9. The Morgan fingerprint density at radius 1 is 1.32 bits per heavy atom. The molecule has 1 amide bonds. The molecule has 0 N–H and O–H groups in total. The van der Waals surface area contributed by atoms with Crippen molar-refractivity contribution in [2.45, 2.75) is 59.9 Å². The van der Waals surface area contributed by atoms with Crippen LogP contribution in [0, 0.1) is 5.92 Å². The molecule has 22 heavy (non-hydrogen) atoms. The smallest absolute Gasteiger partial charge is 0.272 e. The lowest BCUT2D eigenvalue weighted by atomic mass is 9.98. The van der Waals surface area contributed by atoms with Gasteiger partial charge in [0.25, 0.3) is 5.91 Å². The molecule has 1 fully saturated rings. The van der Waals surface area contributed by atoms with Crippen molar-refractivity contribution in [2.75, 3.05) is 26.7 Å². The number of carbonyl (C=O) groups is 1. The summed E-state index contributed by atoms with van der Waals surface area (Å²) in [6.45, 7) is 15.2. The number of nitrogens with zero attached hydrogens (tertiary/aromatic N) is 3. The number of carbonyl (C=O) groups excluding carboxylic acids is 1. The average molecular weight is 307 g/mol. The largest absolute Gasteiger partial charge is 0.330 e. The van der Waals surface area contributed by atoms with E-state index in [1.54, 1.807) is 0 Å². The Balaban J connectivity index is 3.05. The molecule has 0 aliphatic carbocycles. The van der Waals surface area contributed by atoms with Gasteiger partial charge in [0.05, 0.1) is 5.54 Å². The molecule has 1 saturated heterocycles. The molecule has 0 aromatic heterocycles. The topological polar surface area (TPSA) is 35.9 Å². The molecule has 4 heteroatoms. The molecule has 1 aliphatic heterocycles. The summed E-state index contributed by atoms with van der Waals surface area (Å²) in [5.74, 6) is 0.477. The molecule has 1 heterocycles. The van der Waals surface area contributed by atoms with Gasteiger partial charge in [0.1, 0.15) is 5.70 Å². The zero-order chi connectivity index (χ0) is 16.9. The molecular formula is C18H33N3O. The predicted molar refractivity (Wildman–Crippen MR) is 94.2 cm³/mol. The summed E-state index contributed by atoms with van der Waals surface area (Å²) in [4.78, 5) is 21.9. The SMILES string of the molecule is CC/C(C)=C(/N=CC(C)CC)C(=O)N1CCN(C)CC1(C)C. The first-order valence-corrected chi connectivity index (χ1v) is 8.47. The predicted octanol–water partition coefficient (Wildman–Crippen LogP) is 3.34. The van der Waals surface area contributed by atoms with Gasteiger partial charge in [-0.05, 0) is 52.2 Å². The minimum absolute atomic E-state index is 0.0806. The second-order valence-electron chi connectivity index (χ2n) is 7.15. The maximum Gasteiger partial charge on any atom is 0.272 e. The lowest BCUT2D eigenvalue weighted by Crippen LogP contribution is -2.60. The number of amides is 1. The summed E-state index contributed by atoms with van der Waals surface area (Å²) in [6.07, 6.45) is 3.82. The van der Waals surface area contributed by atoms with Crippen LogP contribution >= 0.6 is 0 Å². The van der Waals surface area contributed by atoms with E-state index in [-0.39, 0.29) is 11.4 Å². The molecule has 0 bridgehead atoms. The van der Waals surface area contributed by atoms with Crippen molar-refractivity contribution in [3.8, 4) is 0 Å². The first-order valence-electron chi connectivity index (χ1n) is 8.47. The van der Waals surface area contributed by atoms with Gasteiger partial charge in [0.15, 0.2) is 0 Å². The van der Waals surface area contributed by atoms with Gasteiger partial charge >= 0.3 is 0 Å². The fourth-order valence-electron chi connectivity index (χ4n) is 2.73. The minimum Gasteiger partial charge on any atom is -0.330 e. The van der Waals surface area contributed by atoms with Crippen LogP contribution in [0.15, 0.2) is 16.3 Å². The first kappa shape index (κ1) is 18.9. The minimum atomic E-state index is -0.157. The van der Waals surface area contributed by atoms with Gasteiger partial charge in [-0.2, -0.15) is 0 Å². The van der Waals surface area contributed by atoms with Crippen molar-refractivity contribution in [3.05, 3.63) is 11.3 Å². The third kappa shape index (κ3) is 4.67. The van der Waals surface area contributed by atoms with Crippen LogP contribution in [0.2, 0.25) is 0 Å². The Hall–Kier alpha value is -1.16. The van der Waals surface area contributed by atoms with E-state index in [1.807, 2.05) is 18.0 Å². The highest BCUT2D eigenvalue weighted by Crippen LogP contribution is 2.24. The van der Waals surface area contributed by atoms with E-state index in [0.717, 1.165) is 38.0 Å². The molecule has 4 nitrogen and oxygen atoms in total. The van der Waals surface area contributed by atoms with Crippen LogP contribution in [0.25, 0.3) is 0 Å². The molecule has 126 valence electrons. The van der Waals surface area contributed by atoms with Gasteiger partial charge in [0.2, 0.25) is 0 Å².